The molecule has 0 atom stereocenters. The molecule has 29 heavy (non-hydrogen) atoms. The number of aromatic nitrogens is 4. The Morgan fingerprint density at radius 3 is 2.41 bits per heavy atom. The molecule has 3 aromatic heterocycles. The van der Waals surface area contributed by atoms with Gasteiger partial charge >= 0.3 is 0 Å². The van der Waals surface area contributed by atoms with Crippen LogP contribution in [0.2, 0.25) is 0 Å². The molecule has 4 aromatic rings. The second kappa shape index (κ2) is 8.79. The maximum atomic E-state index is 6.47. The summed E-state index contributed by atoms with van der Waals surface area (Å²) in [7, 11) is 0. The Labute approximate surface area is 169 Å². The molecule has 0 unspecified atom stereocenters. The highest BCUT2D eigenvalue weighted by Gasteiger charge is 2.18. The van der Waals surface area contributed by atoms with E-state index in [4.69, 9.17) is 5.73 Å². The third-order valence-corrected chi connectivity index (χ3v) is 4.41. The number of nitrogens with one attached hydrogen (secondary N) is 1. The highest BCUT2D eigenvalue weighted by atomic mass is 15.3. The van der Waals surface area contributed by atoms with E-state index in [1.807, 2.05) is 53.4 Å². The average molecular weight is 383 g/mol. The van der Waals surface area contributed by atoms with Crippen molar-refractivity contribution in [3.05, 3.63) is 96.7 Å². The predicted molar refractivity (Wildman–Crippen MR) is 115 cm³/mol. The Morgan fingerprint density at radius 1 is 0.828 bits per heavy atom. The molecule has 0 aliphatic carbocycles. The molecule has 0 spiro atoms. The Balaban J connectivity index is 1.65. The van der Waals surface area contributed by atoms with E-state index in [1.165, 1.54) is 6.33 Å². The fourth-order valence-electron chi connectivity index (χ4n) is 2.97. The van der Waals surface area contributed by atoms with Crippen molar-refractivity contribution in [1.82, 2.24) is 19.9 Å². The largest absolute Gasteiger partial charge is 0.393 e. The molecule has 3 N–H and O–H groups in total. The third-order valence-electron chi connectivity index (χ3n) is 4.41. The number of benzene rings is 1. The van der Waals surface area contributed by atoms with Crippen LogP contribution >= 0.6 is 0 Å². The summed E-state index contributed by atoms with van der Waals surface area (Å²) in [6.07, 6.45) is 6.82. The summed E-state index contributed by atoms with van der Waals surface area (Å²) >= 11 is 0. The van der Waals surface area contributed by atoms with Gasteiger partial charge in [-0.2, -0.15) is 0 Å². The van der Waals surface area contributed by atoms with Crippen LogP contribution in [0.1, 0.15) is 11.1 Å². The summed E-state index contributed by atoms with van der Waals surface area (Å²) in [5, 5.41) is 3.28. The molecule has 7 heteroatoms. The Morgan fingerprint density at radius 2 is 1.66 bits per heavy atom. The highest BCUT2D eigenvalue weighted by Crippen LogP contribution is 2.32. The van der Waals surface area contributed by atoms with Crippen LogP contribution in [0, 0.1) is 0 Å². The fourth-order valence-corrected chi connectivity index (χ4v) is 2.97. The van der Waals surface area contributed by atoms with Gasteiger partial charge in [-0.15, -0.1) is 0 Å². The topological polar surface area (TPSA) is 92.8 Å². The summed E-state index contributed by atoms with van der Waals surface area (Å²) in [5.74, 6) is 1.95. The lowest BCUT2D eigenvalue weighted by Gasteiger charge is -2.24. The molecule has 0 saturated carbocycles. The predicted octanol–water partition coefficient (Wildman–Crippen LogP) is 3.80. The van der Waals surface area contributed by atoms with Gasteiger partial charge in [-0.05, 0) is 29.3 Å². The van der Waals surface area contributed by atoms with E-state index in [9.17, 15) is 0 Å². The van der Waals surface area contributed by atoms with Crippen molar-refractivity contribution in [2.45, 2.75) is 13.1 Å². The van der Waals surface area contributed by atoms with Gasteiger partial charge in [0.1, 0.15) is 17.8 Å². The van der Waals surface area contributed by atoms with Gasteiger partial charge in [0.25, 0.3) is 0 Å². The van der Waals surface area contributed by atoms with Crippen LogP contribution < -0.4 is 16.0 Å². The van der Waals surface area contributed by atoms with E-state index in [0.29, 0.717) is 30.4 Å². The van der Waals surface area contributed by atoms with E-state index < -0.39 is 0 Å². The standard InChI is InChI=1S/C22H21N7/c23-20-21(26-14-18-9-6-11-24-13-18)27-16-28-22(20)29(19-10-4-5-12-25-19)15-17-7-2-1-3-8-17/h1-13,16H,14-15,23H2,(H,26,27,28). The summed E-state index contributed by atoms with van der Waals surface area (Å²) < 4.78 is 0. The number of pyridine rings is 2. The van der Waals surface area contributed by atoms with Crippen LogP contribution in [0.5, 0.6) is 0 Å². The first-order chi connectivity index (χ1) is 14.3. The normalized spacial score (nSPS) is 10.5. The maximum absolute atomic E-state index is 6.47. The molecule has 0 bridgehead atoms. The van der Waals surface area contributed by atoms with Crippen molar-refractivity contribution < 1.29 is 0 Å². The van der Waals surface area contributed by atoms with E-state index in [1.54, 1.807) is 18.6 Å². The molecule has 0 aliphatic heterocycles. The monoisotopic (exact) mass is 383 g/mol. The van der Waals surface area contributed by atoms with Gasteiger partial charge in [0.15, 0.2) is 11.6 Å². The second-order valence-electron chi connectivity index (χ2n) is 6.43. The number of nitrogen functional groups attached to an aromatic ring is 1. The van der Waals surface area contributed by atoms with Crippen molar-refractivity contribution in [1.29, 1.82) is 0 Å². The quantitative estimate of drug-likeness (QED) is 0.501. The van der Waals surface area contributed by atoms with Gasteiger partial charge in [-0.25, -0.2) is 15.0 Å². The fraction of sp³-hybridized carbons (Fsp3) is 0.0909. The minimum absolute atomic E-state index is 0.470. The van der Waals surface area contributed by atoms with Gasteiger partial charge in [0.2, 0.25) is 0 Å². The van der Waals surface area contributed by atoms with E-state index in [-0.39, 0.29) is 0 Å². The SMILES string of the molecule is Nc1c(NCc2cccnc2)ncnc1N(Cc1ccccc1)c1ccccn1. The lowest BCUT2D eigenvalue weighted by atomic mass is 10.2. The van der Waals surface area contributed by atoms with Crippen LogP contribution in [0.15, 0.2) is 85.6 Å². The van der Waals surface area contributed by atoms with Crippen molar-refractivity contribution >= 4 is 23.1 Å². The zero-order chi connectivity index (χ0) is 19.9. The smallest absolute Gasteiger partial charge is 0.163 e. The number of anilines is 4. The zero-order valence-electron chi connectivity index (χ0n) is 15.8. The van der Waals surface area contributed by atoms with Gasteiger partial charge < -0.3 is 16.0 Å². The van der Waals surface area contributed by atoms with Crippen molar-refractivity contribution in [2.24, 2.45) is 0 Å². The van der Waals surface area contributed by atoms with E-state index >= 15 is 0 Å². The first-order valence-electron chi connectivity index (χ1n) is 9.27. The molecule has 0 aliphatic rings. The molecule has 0 saturated heterocycles. The third kappa shape index (κ3) is 4.47. The second-order valence-corrected chi connectivity index (χ2v) is 6.43. The van der Waals surface area contributed by atoms with Crippen molar-refractivity contribution in [2.75, 3.05) is 16.0 Å². The summed E-state index contributed by atoms with van der Waals surface area (Å²) in [6.45, 7) is 1.15. The van der Waals surface area contributed by atoms with Gasteiger partial charge in [0, 0.05) is 25.1 Å². The molecule has 3 heterocycles. The van der Waals surface area contributed by atoms with Crippen LogP contribution in [-0.2, 0) is 13.1 Å². The number of rotatable bonds is 7. The minimum atomic E-state index is 0.470. The zero-order valence-corrected chi connectivity index (χ0v) is 15.8. The van der Waals surface area contributed by atoms with Crippen molar-refractivity contribution in [3.63, 3.8) is 0 Å². The van der Waals surface area contributed by atoms with Gasteiger partial charge in [-0.3, -0.25) is 4.98 Å². The summed E-state index contributed by atoms with van der Waals surface area (Å²) in [5.41, 5.74) is 9.10. The van der Waals surface area contributed by atoms with Crippen LogP contribution in [0.25, 0.3) is 0 Å². The van der Waals surface area contributed by atoms with Crippen molar-refractivity contribution in [3.8, 4) is 0 Å². The highest BCUT2D eigenvalue weighted by molar-refractivity contribution is 5.78. The number of nitrogens with two attached hydrogens (primary N) is 1. The lowest BCUT2D eigenvalue weighted by molar-refractivity contribution is 0.916. The van der Waals surface area contributed by atoms with E-state index in [2.05, 4.69) is 37.4 Å². The molecule has 0 fully saturated rings. The molecule has 144 valence electrons. The van der Waals surface area contributed by atoms with Crippen LogP contribution in [0.4, 0.5) is 23.1 Å². The molecule has 4 rings (SSSR count). The molecule has 7 nitrogen and oxygen atoms in total. The summed E-state index contributed by atoms with van der Waals surface area (Å²) in [6, 6.07) is 19.8. The Hall–Kier alpha value is -4.00. The van der Waals surface area contributed by atoms with Gasteiger partial charge in [-0.1, -0.05) is 42.5 Å². The first-order valence-corrected chi connectivity index (χ1v) is 9.27. The molecular weight excluding hydrogens is 362 g/mol. The minimum Gasteiger partial charge on any atom is -0.393 e. The first kappa shape index (κ1) is 18.4. The van der Waals surface area contributed by atoms with Crippen LogP contribution in [-0.4, -0.2) is 19.9 Å². The molecule has 0 radical (unpaired) electrons. The number of hydrogen-bond donors (Lipinski definition) is 2. The van der Waals surface area contributed by atoms with Crippen LogP contribution in [0.3, 0.4) is 0 Å². The molecule has 0 amide bonds. The number of hydrogen-bond acceptors (Lipinski definition) is 7. The Bertz CT molecular complexity index is 1040. The lowest BCUT2D eigenvalue weighted by Crippen LogP contribution is -2.21. The van der Waals surface area contributed by atoms with Gasteiger partial charge in [0.05, 0.1) is 6.54 Å². The molecule has 1 aromatic carbocycles. The Kier molecular flexibility index (Phi) is 5.57. The number of nitrogens with zero attached hydrogens (tertiary/aromatic N) is 5. The maximum Gasteiger partial charge on any atom is 0.163 e. The molecular formula is C22H21N7. The summed E-state index contributed by atoms with van der Waals surface area (Å²) in [4.78, 5) is 19.4. The average Bonchev–Trinajstić information content (AvgIpc) is 2.79. The van der Waals surface area contributed by atoms with E-state index in [0.717, 1.165) is 16.9 Å².